The first kappa shape index (κ1) is 22.5. The molecule has 0 aliphatic heterocycles. The summed E-state index contributed by atoms with van der Waals surface area (Å²) in [5.41, 5.74) is 5.25. The minimum Gasteiger partial charge on any atom is -0.507 e. The van der Waals surface area contributed by atoms with Gasteiger partial charge in [0.2, 0.25) is 5.91 Å². The van der Waals surface area contributed by atoms with Gasteiger partial charge in [-0.3, -0.25) is 9.79 Å². The molecule has 0 saturated heterocycles. The van der Waals surface area contributed by atoms with E-state index in [2.05, 4.69) is 31.2 Å². The number of phenols is 1. The molecule has 0 fully saturated rings. The molecule has 32 heavy (non-hydrogen) atoms. The number of phenolic OH excluding ortho intramolecular Hbond substituents is 1. The predicted molar refractivity (Wildman–Crippen MR) is 138 cm³/mol. The van der Waals surface area contributed by atoms with Gasteiger partial charge in [0.15, 0.2) is 4.34 Å². The van der Waals surface area contributed by atoms with Gasteiger partial charge in [-0.05, 0) is 61.4 Å². The molecule has 0 unspecified atom stereocenters. The van der Waals surface area contributed by atoms with E-state index in [1.807, 2.05) is 56.3 Å². The van der Waals surface area contributed by atoms with Crippen molar-refractivity contribution in [3.05, 3.63) is 75.8 Å². The highest BCUT2D eigenvalue weighted by molar-refractivity contribution is 9.10. The van der Waals surface area contributed by atoms with Crippen molar-refractivity contribution in [2.75, 3.05) is 11.1 Å². The third kappa shape index (κ3) is 5.38. The molecule has 4 rings (SSSR count). The Labute approximate surface area is 202 Å². The fraction of sp³-hybridized carbons (Fsp3) is 0.125. The molecule has 0 radical (unpaired) electrons. The number of nitrogens with one attached hydrogen (secondary N) is 1. The SMILES string of the molecule is Cc1cccc(C)c1NC(=O)CSc1nc2ccc(N=Cc3cc(Br)ccc3O)cc2s1. The van der Waals surface area contributed by atoms with Gasteiger partial charge in [0.25, 0.3) is 0 Å². The smallest absolute Gasteiger partial charge is 0.234 e. The van der Waals surface area contributed by atoms with Gasteiger partial charge in [-0.2, -0.15) is 0 Å². The second-order valence-electron chi connectivity index (χ2n) is 7.20. The molecular formula is C24H20BrN3O2S2. The molecule has 1 amide bonds. The summed E-state index contributed by atoms with van der Waals surface area (Å²) in [7, 11) is 0. The molecule has 1 heterocycles. The Morgan fingerprint density at radius 1 is 1.19 bits per heavy atom. The molecule has 0 aliphatic rings. The van der Waals surface area contributed by atoms with Crippen molar-refractivity contribution < 1.29 is 9.90 Å². The Balaban J connectivity index is 1.43. The lowest BCUT2D eigenvalue weighted by molar-refractivity contribution is -0.113. The molecule has 162 valence electrons. The van der Waals surface area contributed by atoms with Crippen LogP contribution in [-0.2, 0) is 4.79 Å². The van der Waals surface area contributed by atoms with Crippen molar-refractivity contribution in [2.45, 2.75) is 18.2 Å². The van der Waals surface area contributed by atoms with Gasteiger partial charge in [-0.25, -0.2) is 4.98 Å². The van der Waals surface area contributed by atoms with Crippen molar-refractivity contribution in [1.82, 2.24) is 4.98 Å². The molecule has 2 N–H and O–H groups in total. The molecule has 0 bridgehead atoms. The molecule has 0 atom stereocenters. The number of aromatic hydroxyl groups is 1. The van der Waals surface area contributed by atoms with Crippen LogP contribution < -0.4 is 5.32 Å². The highest BCUT2D eigenvalue weighted by Gasteiger charge is 2.11. The number of aryl methyl sites for hydroxylation is 2. The number of hydrogen-bond acceptors (Lipinski definition) is 6. The highest BCUT2D eigenvalue weighted by Crippen LogP contribution is 2.32. The van der Waals surface area contributed by atoms with Crippen molar-refractivity contribution in [1.29, 1.82) is 0 Å². The van der Waals surface area contributed by atoms with Crippen LogP contribution in [0.1, 0.15) is 16.7 Å². The monoisotopic (exact) mass is 525 g/mol. The summed E-state index contributed by atoms with van der Waals surface area (Å²) < 4.78 is 2.70. The van der Waals surface area contributed by atoms with E-state index in [0.29, 0.717) is 11.3 Å². The summed E-state index contributed by atoms with van der Waals surface area (Å²) in [4.78, 5) is 21.5. The summed E-state index contributed by atoms with van der Waals surface area (Å²) in [6, 6.07) is 16.9. The maximum atomic E-state index is 12.4. The molecule has 4 aromatic rings. The lowest BCUT2D eigenvalue weighted by Gasteiger charge is -2.10. The normalized spacial score (nSPS) is 11.3. The zero-order valence-electron chi connectivity index (χ0n) is 17.4. The number of nitrogens with zero attached hydrogens (tertiary/aromatic N) is 2. The third-order valence-corrected chi connectivity index (χ3v) is 7.42. The van der Waals surface area contributed by atoms with Crippen LogP contribution in [0.25, 0.3) is 10.2 Å². The Kier molecular flexibility index (Phi) is 6.93. The number of thioether (sulfide) groups is 1. The number of hydrogen-bond donors (Lipinski definition) is 2. The Bertz CT molecular complexity index is 1310. The highest BCUT2D eigenvalue weighted by atomic mass is 79.9. The fourth-order valence-electron chi connectivity index (χ4n) is 3.12. The van der Waals surface area contributed by atoms with Gasteiger partial charge in [0.05, 0.1) is 21.7 Å². The Morgan fingerprint density at radius 3 is 2.75 bits per heavy atom. The second-order valence-corrected chi connectivity index (χ2v) is 10.4. The largest absolute Gasteiger partial charge is 0.507 e. The van der Waals surface area contributed by atoms with E-state index in [9.17, 15) is 9.90 Å². The van der Waals surface area contributed by atoms with E-state index in [1.54, 1.807) is 18.3 Å². The van der Waals surface area contributed by atoms with Crippen LogP contribution in [0.15, 0.2) is 68.4 Å². The minimum atomic E-state index is -0.0502. The number of amides is 1. The average molecular weight is 526 g/mol. The number of carbonyl (C=O) groups is 1. The topological polar surface area (TPSA) is 74.6 Å². The number of anilines is 1. The van der Waals surface area contributed by atoms with Gasteiger partial charge in [-0.15, -0.1) is 11.3 Å². The van der Waals surface area contributed by atoms with Crippen LogP contribution in [0, 0.1) is 13.8 Å². The maximum Gasteiger partial charge on any atom is 0.234 e. The lowest BCUT2D eigenvalue weighted by atomic mass is 10.1. The number of benzene rings is 3. The molecule has 5 nitrogen and oxygen atoms in total. The van der Waals surface area contributed by atoms with Crippen molar-refractivity contribution in [2.24, 2.45) is 4.99 Å². The van der Waals surface area contributed by atoms with Crippen molar-refractivity contribution in [3.8, 4) is 5.75 Å². The summed E-state index contributed by atoms with van der Waals surface area (Å²) >= 11 is 6.36. The van der Waals surface area contributed by atoms with E-state index in [0.717, 1.165) is 41.5 Å². The van der Waals surface area contributed by atoms with Gasteiger partial charge >= 0.3 is 0 Å². The van der Waals surface area contributed by atoms with Crippen LogP contribution in [0.3, 0.4) is 0 Å². The standard InChI is InChI=1S/C24H20BrN3O2S2/c1-14-4-3-5-15(2)23(14)28-22(30)13-31-24-27-19-8-7-18(11-21(19)32-24)26-12-16-10-17(25)6-9-20(16)29/h3-12,29H,13H2,1-2H3,(H,28,30). The molecule has 0 saturated carbocycles. The second kappa shape index (κ2) is 9.85. The van der Waals surface area contributed by atoms with Crippen LogP contribution in [0.4, 0.5) is 11.4 Å². The van der Waals surface area contributed by atoms with E-state index < -0.39 is 0 Å². The lowest BCUT2D eigenvalue weighted by Crippen LogP contribution is -2.15. The molecule has 3 aromatic carbocycles. The number of halogens is 1. The Morgan fingerprint density at radius 2 is 1.97 bits per heavy atom. The van der Waals surface area contributed by atoms with Gasteiger partial charge in [-0.1, -0.05) is 45.9 Å². The number of fused-ring (bicyclic) bond motifs is 1. The molecular weight excluding hydrogens is 506 g/mol. The van der Waals surface area contributed by atoms with Crippen LogP contribution in [0.2, 0.25) is 0 Å². The molecule has 1 aromatic heterocycles. The Hall–Kier alpha value is -2.68. The fourth-order valence-corrected chi connectivity index (χ4v) is 5.40. The number of rotatable bonds is 6. The summed E-state index contributed by atoms with van der Waals surface area (Å²) in [5, 5.41) is 13.0. The van der Waals surface area contributed by atoms with Crippen LogP contribution in [-0.4, -0.2) is 28.0 Å². The van der Waals surface area contributed by atoms with Crippen LogP contribution >= 0.6 is 39.0 Å². The molecule has 0 spiro atoms. The van der Waals surface area contributed by atoms with Gasteiger partial charge in [0.1, 0.15) is 5.75 Å². The number of aliphatic imine (C=N–C) groups is 1. The number of thiazole rings is 1. The first-order valence-electron chi connectivity index (χ1n) is 9.81. The number of carbonyl (C=O) groups excluding carboxylic acids is 1. The van der Waals surface area contributed by atoms with Gasteiger partial charge in [0, 0.05) is 21.9 Å². The molecule has 8 heteroatoms. The zero-order chi connectivity index (χ0) is 22.7. The number of para-hydroxylation sites is 1. The predicted octanol–water partition coefficient (Wildman–Crippen LogP) is 6.86. The first-order valence-corrected chi connectivity index (χ1v) is 12.4. The zero-order valence-corrected chi connectivity index (χ0v) is 20.6. The summed E-state index contributed by atoms with van der Waals surface area (Å²) in [5.74, 6) is 0.417. The molecule has 0 aliphatic carbocycles. The average Bonchev–Trinajstić information content (AvgIpc) is 3.18. The third-order valence-electron chi connectivity index (χ3n) is 4.77. The summed E-state index contributed by atoms with van der Waals surface area (Å²) in [6.45, 7) is 3.97. The van der Waals surface area contributed by atoms with E-state index in [1.165, 1.54) is 23.1 Å². The summed E-state index contributed by atoms with van der Waals surface area (Å²) in [6.07, 6.45) is 1.63. The van der Waals surface area contributed by atoms with Crippen molar-refractivity contribution in [3.63, 3.8) is 0 Å². The maximum absolute atomic E-state index is 12.4. The minimum absolute atomic E-state index is 0.0502. The first-order chi connectivity index (χ1) is 15.4. The quantitative estimate of drug-likeness (QED) is 0.213. The van der Waals surface area contributed by atoms with Crippen molar-refractivity contribution >= 4 is 72.7 Å². The van der Waals surface area contributed by atoms with E-state index >= 15 is 0 Å². The van der Waals surface area contributed by atoms with E-state index in [-0.39, 0.29) is 11.7 Å². The number of aromatic nitrogens is 1. The van der Waals surface area contributed by atoms with Crippen LogP contribution in [0.5, 0.6) is 5.75 Å². The van der Waals surface area contributed by atoms with E-state index in [4.69, 9.17) is 0 Å². The van der Waals surface area contributed by atoms with Gasteiger partial charge < -0.3 is 10.4 Å².